The molecule has 1 fully saturated rings. The molecule has 2 aromatic rings. The van der Waals surface area contributed by atoms with Crippen LogP contribution in [-0.2, 0) is 22.7 Å². The van der Waals surface area contributed by atoms with E-state index in [-0.39, 0.29) is 5.91 Å². The molecule has 0 aliphatic heterocycles. The summed E-state index contributed by atoms with van der Waals surface area (Å²) in [5.41, 5.74) is 3.15. The van der Waals surface area contributed by atoms with E-state index in [4.69, 9.17) is 4.74 Å². The van der Waals surface area contributed by atoms with Gasteiger partial charge in [0.1, 0.15) is 12.4 Å². The number of carboxylic acid groups (broad SMARTS) is 1. The maximum Gasteiger partial charge on any atom is 0.307 e. The summed E-state index contributed by atoms with van der Waals surface area (Å²) >= 11 is 0. The van der Waals surface area contributed by atoms with Crippen LogP contribution in [0.2, 0.25) is 0 Å². The lowest BCUT2D eigenvalue weighted by Gasteiger charge is -2.27. The molecule has 0 aromatic heterocycles. The Balaban J connectivity index is 1.61. The van der Waals surface area contributed by atoms with E-state index in [9.17, 15) is 14.7 Å². The van der Waals surface area contributed by atoms with Gasteiger partial charge in [0.15, 0.2) is 0 Å². The smallest absolute Gasteiger partial charge is 0.307 e. The minimum atomic E-state index is -0.873. The average Bonchev–Trinajstić information content (AvgIpc) is 2.71. The van der Waals surface area contributed by atoms with Crippen molar-refractivity contribution in [2.24, 2.45) is 11.8 Å². The molecule has 5 heteroatoms. The summed E-state index contributed by atoms with van der Waals surface area (Å²) in [5.74, 6) is -1.36. The summed E-state index contributed by atoms with van der Waals surface area (Å²) in [6, 6.07) is 15.8. The van der Waals surface area contributed by atoms with Crippen LogP contribution in [0.3, 0.4) is 0 Å². The molecule has 1 amide bonds. The zero-order chi connectivity index (χ0) is 19.9. The van der Waals surface area contributed by atoms with Gasteiger partial charge >= 0.3 is 5.97 Å². The fourth-order valence-corrected chi connectivity index (χ4v) is 3.81. The molecule has 5 nitrogen and oxygen atoms in total. The highest BCUT2D eigenvalue weighted by Crippen LogP contribution is 2.30. The van der Waals surface area contributed by atoms with Gasteiger partial charge in [0.05, 0.1) is 11.8 Å². The number of para-hydroxylation sites is 1. The Morgan fingerprint density at radius 3 is 2.57 bits per heavy atom. The molecule has 0 radical (unpaired) electrons. The van der Waals surface area contributed by atoms with Crippen molar-refractivity contribution in [2.45, 2.75) is 45.8 Å². The van der Waals surface area contributed by atoms with Crippen molar-refractivity contribution in [3.63, 3.8) is 0 Å². The highest BCUT2D eigenvalue weighted by Gasteiger charge is 2.35. The van der Waals surface area contributed by atoms with E-state index >= 15 is 0 Å². The zero-order valence-corrected chi connectivity index (χ0v) is 16.2. The van der Waals surface area contributed by atoms with E-state index in [1.54, 1.807) is 0 Å². The van der Waals surface area contributed by atoms with E-state index in [1.165, 1.54) is 5.56 Å². The predicted molar refractivity (Wildman–Crippen MR) is 107 cm³/mol. The normalized spacial score (nSPS) is 19.0. The summed E-state index contributed by atoms with van der Waals surface area (Å²) in [6.45, 7) is 2.82. The van der Waals surface area contributed by atoms with Crippen LogP contribution < -0.4 is 10.1 Å². The molecule has 1 saturated carbocycles. The second kappa shape index (κ2) is 9.40. The van der Waals surface area contributed by atoms with Crippen molar-refractivity contribution in [1.82, 2.24) is 5.32 Å². The fourth-order valence-electron chi connectivity index (χ4n) is 3.81. The zero-order valence-electron chi connectivity index (χ0n) is 16.2. The number of rotatable bonds is 7. The lowest BCUT2D eigenvalue weighted by Crippen LogP contribution is -2.39. The Hall–Kier alpha value is -2.82. The number of ether oxygens (including phenoxy) is 1. The molecule has 2 atom stereocenters. The first-order valence-electron chi connectivity index (χ1n) is 9.81. The van der Waals surface area contributed by atoms with Crippen LogP contribution in [0.1, 0.15) is 42.4 Å². The second-order valence-electron chi connectivity index (χ2n) is 7.44. The average molecular weight is 381 g/mol. The first kappa shape index (κ1) is 19.9. The van der Waals surface area contributed by atoms with E-state index in [2.05, 4.69) is 11.4 Å². The first-order chi connectivity index (χ1) is 13.5. The SMILES string of the molecule is Cc1cccc(COc2ccccc2CNC(=O)C2CCCCC2C(=O)O)c1. The largest absolute Gasteiger partial charge is 0.489 e. The van der Waals surface area contributed by atoms with Gasteiger partial charge in [0.2, 0.25) is 5.91 Å². The number of hydrogen-bond donors (Lipinski definition) is 2. The maximum atomic E-state index is 12.6. The Morgan fingerprint density at radius 1 is 1.07 bits per heavy atom. The fraction of sp³-hybridized carbons (Fsp3) is 0.391. The van der Waals surface area contributed by atoms with E-state index in [0.29, 0.717) is 26.0 Å². The van der Waals surface area contributed by atoms with Crippen molar-refractivity contribution < 1.29 is 19.4 Å². The van der Waals surface area contributed by atoms with Crippen LogP contribution in [0.15, 0.2) is 48.5 Å². The number of carbonyl (C=O) groups is 2. The summed E-state index contributed by atoms with van der Waals surface area (Å²) in [5, 5.41) is 12.3. The molecule has 28 heavy (non-hydrogen) atoms. The van der Waals surface area contributed by atoms with Crippen LogP contribution in [0.5, 0.6) is 5.75 Å². The summed E-state index contributed by atoms with van der Waals surface area (Å²) in [6.07, 6.45) is 2.98. The van der Waals surface area contributed by atoms with Gasteiger partial charge in [-0.15, -0.1) is 0 Å². The number of aliphatic carboxylic acids is 1. The number of amides is 1. The molecule has 0 spiro atoms. The van der Waals surface area contributed by atoms with Gasteiger partial charge in [-0.05, 0) is 31.4 Å². The minimum Gasteiger partial charge on any atom is -0.489 e. The Bertz CT molecular complexity index is 833. The van der Waals surface area contributed by atoms with Gasteiger partial charge in [-0.3, -0.25) is 9.59 Å². The molecule has 0 bridgehead atoms. The van der Waals surface area contributed by atoms with E-state index in [0.717, 1.165) is 29.7 Å². The highest BCUT2D eigenvalue weighted by atomic mass is 16.5. The van der Waals surface area contributed by atoms with Crippen molar-refractivity contribution in [1.29, 1.82) is 0 Å². The molecule has 0 heterocycles. The first-order valence-corrected chi connectivity index (χ1v) is 9.81. The van der Waals surface area contributed by atoms with Gasteiger partial charge in [0.25, 0.3) is 0 Å². The van der Waals surface area contributed by atoms with Crippen LogP contribution >= 0.6 is 0 Å². The van der Waals surface area contributed by atoms with Crippen LogP contribution in [-0.4, -0.2) is 17.0 Å². The Kier molecular flexibility index (Phi) is 6.69. The van der Waals surface area contributed by atoms with Gasteiger partial charge in [-0.1, -0.05) is 60.9 Å². The van der Waals surface area contributed by atoms with Crippen molar-refractivity contribution in [3.05, 3.63) is 65.2 Å². The Labute approximate surface area is 165 Å². The number of benzene rings is 2. The van der Waals surface area contributed by atoms with Gasteiger partial charge in [0, 0.05) is 12.1 Å². The van der Waals surface area contributed by atoms with Crippen LogP contribution in [0, 0.1) is 18.8 Å². The predicted octanol–water partition coefficient (Wildman–Crippen LogP) is 4.08. The number of hydrogen-bond acceptors (Lipinski definition) is 3. The molecule has 3 rings (SSSR count). The van der Waals surface area contributed by atoms with Gasteiger partial charge < -0.3 is 15.2 Å². The third kappa shape index (κ3) is 5.12. The maximum absolute atomic E-state index is 12.6. The minimum absolute atomic E-state index is 0.180. The van der Waals surface area contributed by atoms with Crippen molar-refractivity contribution >= 4 is 11.9 Å². The highest BCUT2D eigenvalue weighted by molar-refractivity contribution is 5.84. The number of aryl methyl sites for hydroxylation is 1. The molecular weight excluding hydrogens is 354 g/mol. The van der Waals surface area contributed by atoms with Gasteiger partial charge in [-0.2, -0.15) is 0 Å². The number of nitrogens with one attached hydrogen (secondary N) is 1. The van der Waals surface area contributed by atoms with Crippen LogP contribution in [0.25, 0.3) is 0 Å². The van der Waals surface area contributed by atoms with E-state index < -0.39 is 17.8 Å². The molecule has 1 aliphatic rings. The second-order valence-corrected chi connectivity index (χ2v) is 7.44. The molecule has 2 aromatic carbocycles. The van der Waals surface area contributed by atoms with Crippen molar-refractivity contribution in [2.75, 3.05) is 0 Å². The van der Waals surface area contributed by atoms with Crippen LogP contribution in [0.4, 0.5) is 0 Å². The topological polar surface area (TPSA) is 75.6 Å². The Morgan fingerprint density at radius 2 is 1.82 bits per heavy atom. The van der Waals surface area contributed by atoms with Crippen molar-refractivity contribution in [3.8, 4) is 5.75 Å². The number of carboxylic acids is 1. The third-order valence-corrected chi connectivity index (χ3v) is 5.32. The molecule has 0 saturated heterocycles. The third-order valence-electron chi connectivity index (χ3n) is 5.32. The number of carbonyl (C=O) groups excluding carboxylic acids is 1. The van der Waals surface area contributed by atoms with E-state index in [1.807, 2.05) is 49.4 Å². The summed E-state index contributed by atoms with van der Waals surface area (Å²) in [4.78, 5) is 24.0. The quantitative estimate of drug-likeness (QED) is 0.758. The molecular formula is C23H27NO4. The lowest BCUT2D eigenvalue weighted by molar-refractivity contribution is -0.148. The van der Waals surface area contributed by atoms with Gasteiger partial charge in [-0.25, -0.2) is 0 Å². The summed E-state index contributed by atoms with van der Waals surface area (Å²) in [7, 11) is 0. The molecule has 2 N–H and O–H groups in total. The standard InChI is InChI=1S/C23H27NO4/c1-16-7-6-8-17(13-16)15-28-21-12-5-2-9-18(21)14-24-22(25)19-10-3-4-11-20(19)23(26)27/h2,5-9,12-13,19-20H,3-4,10-11,14-15H2,1H3,(H,24,25)(H,26,27). The summed E-state index contributed by atoms with van der Waals surface area (Å²) < 4.78 is 5.97. The molecule has 2 unspecified atom stereocenters. The lowest BCUT2D eigenvalue weighted by atomic mass is 9.78. The monoisotopic (exact) mass is 381 g/mol. The molecule has 148 valence electrons. The molecule has 1 aliphatic carbocycles.